The van der Waals surface area contributed by atoms with Gasteiger partial charge in [0.05, 0.1) is 5.69 Å². The highest BCUT2D eigenvalue weighted by Gasteiger charge is 2.23. The minimum atomic E-state index is -3.74. The van der Waals surface area contributed by atoms with E-state index in [0.717, 1.165) is 18.4 Å². The van der Waals surface area contributed by atoms with Gasteiger partial charge in [-0.15, -0.1) is 0 Å². The number of anilines is 1. The predicted octanol–water partition coefficient (Wildman–Crippen LogP) is 2.85. The summed E-state index contributed by atoms with van der Waals surface area (Å²) >= 11 is 0. The van der Waals surface area contributed by atoms with Gasteiger partial charge in [0.1, 0.15) is 4.90 Å². The molecule has 0 radical (unpaired) electrons. The molecule has 1 saturated carbocycles. The summed E-state index contributed by atoms with van der Waals surface area (Å²) in [7, 11) is 1.60. The van der Waals surface area contributed by atoms with Crippen molar-refractivity contribution in [2.45, 2.75) is 36.5 Å². The Labute approximate surface area is 100 Å². The normalized spacial score (nSPS) is 17.8. The molecule has 2 N–H and O–H groups in total. The number of nitrogen functional groups attached to an aromatic ring is 1. The molecule has 1 aromatic rings. The van der Waals surface area contributed by atoms with E-state index >= 15 is 0 Å². The van der Waals surface area contributed by atoms with E-state index < -0.39 is 9.05 Å². The Bertz CT molecular complexity index is 493. The molecule has 2 rings (SSSR count). The molecule has 1 fully saturated rings. The van der Waals surface area contributed by atoms with Crippen LogP contribution in [0.1, 0.15) is 37.2 Å². The van der Waals surface area contributed by atoms with Crippen LogP contribution in [-0.2, 0) is 9.05 Å². The predicted molar refractivity (Wildman–Crippen MR) is 65.1 cm³/mol. The fraction of sp³-hybridized carbons (Fsp3) is 0.455. The SMILES string of the molecule is Nc1c(C2CCCC2)cccc1S(=O)(=O)Cl. The van der Waals surface area contributed by atoms with E-state index in [9.17, 15) is 8.42 Å². The van der Waals surface area contributed by atoms with E-state index in [4.69, 9.17) is 16.4 Å². The number of para-hydroxylation sites is 1. The van der Waals surface area contributed by atoms with Crippen molar-refractivity contribution in [1.82, 2.24) is 0 Å². The summed E-state index contributed by atoms with van der Waals surface area (Å²) in [6.45, 7) is 0. The third kappa shape index (κ3) is 2.18. The fourth-order valence-corrected chi connectivity index (χ4v) is 3.39. The first-order valence-corrected chi connectivity index (χ1v) is 7.64. The highest BCUT2D eigenvalue weighted by molar-refractivity contribution is 8.13. The maximum atomic E-state index is 11.3. The second-order valence-electron chi connectivity index (χ2n) is 4.18. The Hall–Kier alpha value is -0.740. The van der Waals surface area contributed by atoms with Gasteiger partial charge in [0.15, 0.2) is 0 Å². The first-order chi connectivity index (χ1) is 7.50. The molecule has 1 aliphatic carbocycles. The minimum absolute atomic E-state index is 0.0403. The quantitative estimate of drug-likeness (QED) is 0.656. The van der Waals surface area contributed by atoms with Crippen molar-refractivity contribution in [1.29, 1.82) is 0 Å². The van der Waals surface area contributed by atoms with Crippen LogP contribution in [0.3, 0.4) is 0 Å². The topological polar surface area (TPSA) is 60.2 Å². The number of benzene rings is 1. The van der Waals surface area contributed by atoms with E-state index in [2.05, 4.69) is 0 Å². The van der Waals surface area contributed by atoms with Crippen LogP contribution in [-0.4, -0.2) is 8.42 Å². The summed E-state index contributed by atoms with van der Waals surface area (Å²) in [6.07, 6.45) is 4.52. The Morgan fingerprint density at radius 3 is 2.44 bits per heavy atom. The number of rotatable bonds is 2. The van der Waals surface area contributed by atoms with Crippen molar-refractivity contribution in [3.8, 4) is 0 Å². The van der Waals surface area contributed by atoms with Crippen LogP contribution in [0, 0.1) is 0 Å². The maximum Gasteiger partial charge on any atom is 0.263 e. The number of hydrogen-bond donors (Lipinski definition) is 1. The minimum Gasteiger partial charge on any atom is -0.397 e. The third-order valence-corrected chi connectivity index (χ3v) is 4.54. The Balaban J connectivity index is 2.48. The lowest BCUT2D eigenvalue weighted by Gasteiger charge is -2.14. The molecule has 16 heavy (non-hydrogen) atoms. The molecular weight excluding hydrogens is 246 g/mol. The Kier molecular flexibility index (Phi) is 3.13. The second-order valence-corrected chi connectivity index (χ2v) is 6.71. The molecule has 0 amide bonds. The fourth-order valence-electron chi connectivity index (χ4n) is 2.37. The molecule has 5 heteroatoms. The maximum absolute atomic E-state index is 11.3. The summed E-state index contributed by atoms with van der Waals surface area (Å²) in [5, 5.41) is 0. The van der Waals surface area contributed by atoms with E-state index in [1.165, 1.54) is 18.9 Å². The average Bonchev–Trinajstić information content (AvgIpc) is 2.69. The summed E-state index contributed by atoms with van der Waals surface area (Å²) in [5.41, 5.74) is 7.14. The van der Waals surface area contributed by atoms with Gasteiger partial charge in [-0.25, -0.2) is 8.42 Å². The monoisotopic (exact) mass is 259 g/mol. The van der Waals surface area contributed by atoms with Gasteiger partial charge >= 0.3 is 0 Å². The summed E-state index contributed by atoms with van der Waals surface area (Å²) < 4.78 is 22.6. The lowest BCUT2D eigenvalue weighted by Crippen LogP contribution is -2.04. The van der Waals surface area contributed by atoms with Crippen LogP contribution >= 0.6 is 10.7 Å². The molecule has 1 aliphatic rings. The van der Waals surface area contributed by atoms with Crippen molar-refractivity contribution in [3.63, 3.8) is 0 Å². The molecule has 0 heterocycles. The molecule has 88 valence electrons. The molecule has 0 aromatic heterocycles. The van der Waals surface area contributed by atoms with Crippen molar-refractivity contribution >= 4 is 25.4 Å². The summed E-state index contributed by atoms with van der Waals surface area (Å²) in [6, 6.07) is 5.06. The molecule has 0 saturated heterocycles. The largest absolute Gasteiger partial charge is 0.397 e. The van der Waals surface area contributed by atoms with Gasteiger partial charge in [0, 0.05) is 10.7 Å². The highest BCUT2D eigenvalue weighted by atomic mass is 35.7. The van der Waals surface area contributed by atoms with Gasteiger partial charge in [0.2, 0.25) is 0 Å². The van der Waals surface area contributed by atoms with Crippen molar-refractivity contribution in [3.05, 3.63) is 23.8 Å². The van der Waals surface area contributed by atoms with Crippen molar-refractivity contribution < 1.29 is 8.42 Å². The third-order valence-electron chi connectivity index (χ3n) is 3.16. The van der Waals surface area contributed by atoms with E-state index in [0.29, 0.717) is 11.6 Å². The first-order valence-electron chi connectivity index (χ1n) is 5.33. The van der Waals surface area contributed by atoms with Crippen LogP contribution in [0.15, 0.2) is 23.1 Å². The van der Waals surface area contributed by atoms with E-state index in [-0.39, 0.29) is 4.90 Å². The zero-order valence-corrected chi connectivity index (χ0v) is 10.4. The second kappa shape index (κ2) is 4.26. The zero-order chi connectivity index (χ0) is 11.8. The van der Waals surface area contributed by atoms with Gasteiger partial charge in [-0.1, -0.05) is 25.0 Å². The van der Waals surface area contributed by atoms with Crippen LogP contribution in [0.2, 0.25) is 0 Å². The number of hydrogen-bond acceptors (Lipinski definition) is 3. The lowest BCUT2D eigenvalue weighted by molar-refractivity contribution is 0.609. The molecule has 0 spiro atoms. The van der Waals surface area contributed by atoms with Crippen LogP contribution in [0.25, 0.3) is 0 Å². The van der Waals surface area contributed by atoms with E-state index in [1.807, 2.05) is 6.07 Å². The molecule has 0 atom stereocenters. The van der Waals surface area contributed by atoms with Crippen LogP contribution in [0.5, 0.6) is 0 Å². The van der Waals surface area contributed by atoms with Gasteiger partial charge in [-0.05, 0) is 30.4 Å². The molecule has 0 aliphatic heterocycles. The molecule has 3 nitrogen and oxygen atoms in total. The highest BCUT2D eigenvalue weighted by Crippen LogP contribution is 2.39. The molecule has 1 aromatic carbocycles. The van der Waals surface area contributed by atoms with Crippen LogP contribution in [0.4, 0.5) is 5.69 Å². The molecule has 0 unspecified atom stereocenters. The lowest BCUT2D eigenvalue weighted by atomic mass is 9.96. The van der Waals surface area contributed by atoms with E-state index in [1.54, 1.807) is 6.07 Å². The average molecular weight is 260 g/mol. The standard InChI is InChI=1S/C11H14ClNO2S/c12-16(14,15)10-7-3-6-9(11(10)13)8-4-1-2-5-8/h3,6-8H,1-2,4-5,13H2. The van der Waals surface area contributed by atoms with Gasteiger partial charge in [-0.3, -0.25) is 0 Å². The van der Waals surface area contributed by atoms with Crippen molar-refractivity contribution in [2.24, 2.45) is 0 Å². The summed E-state index contributed by atoms with van der Waals surface area (Å²) in [5.74, 6) is 0.387. The number of nitrogens with two attached hydrogens (primary N) is 1. The number of halogens is 1. The Morgan fingerprint density at radius 1 is 1.25 bits per heavy atom. The van der Waals surface area contributed by atoms with Crippen molar-refractivity contribution in [2.75, 3.05) is 5.73 Å². The summed E-state index contributed by atoms with van der Waals surface area (Å²) in [4.78, 5) is 0.0403. The Morgan fingerprint density at radius 2 is 1.88 bits per heavy atom. The first kappa shape index (κ1) is 11.7. The molecular formula is C11H14ClNO2S. The zero-order valence-electron chi connectivity index (χ0n) is 8.82. The smallest absolute Gasteiger partial charge is 0.263 e. The van der Waals surface area contributed by atoms with Gasteiger partial charge in [-0.2, -0.15) is 0 Å². The van der Waals surface area contributed by atoms with Gasteiger partial charge < -0.3 is 5.73 Å². The van der Waals surface area contributed by atoms with Crippen LogP contribution < -0.4 is 5.73 Å². The molecule has 0 bridgehead atoms. The van der Waals surface area contributed by atoms with Gasteiger partial charge in [0.25, 0.3) is 9.05 Å².